The summed E-state index contributed by atoms with van der Waals surface area (Å²) >= 11 is 0. The van der Waals surface area contributed by atoms with Gasteiger partial charge in [0.1, 0.15) is 5.75 Å². The maximum absolute atomic E-state index is 12.7. The summed E-state index contributed by atoms with van der Waals surface area (Å²) in [6.45, 7) is -0.528. The van der Waals surface area contributed by atoms with Crippen molar-refractivity contribution in [2.75, 3.05) is 31.6 Å². The molecule has 0 unspecified atom stereocenters. The van der Waals surface area contributed by atoms with Gasteiger partial charge in [0.25, 0.3) is 5.91 Å². The molecular weight excluding hydrogens is 480 g/mol. The van der Waals surface area contributed by atoms with Crippen LogP contribution in [0.3, 0.4) is 0 Å². The zero-order valence-electron chi connectivity index (χ0n) is 18.5. The summed E-state index contributed by atoms with van der Waals surface area (Å²) < 4.78 is 80.1. The number of anilines is 1. The first-order chi connectivity index (χ1) is 16.4. The monoisotopic (exact) mass is 503 g/mol. The molecule has 13 heteroatoms. The second kappa shape index (κ2) is 9.88. The van der Waals surface area contributed by atoms with Gasteiger partial charge in [-0.05, 0) is 48.4 Å². The first-order valence-electron chi connectivity index (χ1n) is 11.0. The van der Waals surface area contributed by atoms with Crippen LogP contribution in [0.5, 0.6) is 5.75 Å². The third kappa shape index (κ3) is 7.44. The van der Waals surface area contributed by atoms with Gasteiger partial charge in [-0.2, -0.15) is 13.2 Å². The number of carbonyl (C=O) groups is 1. The molecule has 35 heavy (non-hydrogen) atoms. The predicted molar refractivity (Wildman–Crippen MR) is 113 cm³/mol. The van der Waals surface area contributed by atoms with Gasteiger partial charge in [0.05, 0.1) is 18.8 Å². The Hall–Kier alpha value is -3.09. The number of hydrogen-bond donors (Lipinski definition) is 1. The molecule has 1 saturated carbocycles. The summed E-state index contributed by atoms with van der Waals surface area (Å²) in [5.41, 5.74) is 1.45. The Morgan fingerprint density at radius 3 is 2.40 bits per heavy atom. The summed E-state index contributed by atoms with van der Waals surface area (Å²) in [6.07, 6.45) is -4.38. The van der Waals surface area contributed by atoms with Gasteiger partial charge in [-0.25, -0.2) is 9.97 Å². The molecular formula is C22H23F6N5O2. The number of nitrogens with zero attached hydrogens (tertiary/aromatic N) is 4. The van der Waals surface area contributed by atoms with Gasteiger partial charge >= 0.3 is 12.5 Å². The maximum atomic E-state index is 12.7. The van der Waals surface area contributed by atoms with E-state index in [1.165, 1.54) is 29.4 Å². The number of amides is 1. The number of halogens is 6. The largest absolute Gasteiger partial charge is 0.573 e. The Labute approximate surface area is 197 Å². The van der Waals surface area contributed by atoms with Crippen molar-refractivity contribution in [3.63, 3.8) is 0 Å². The average molecular weight is 503 g/mol. The minimum absolute atomic E-state index is 0.126. The summed E-state index contributed by atoms with van der Waals surface area (Å²) in [5, 5.41) is 2.90. The van der Waals surface area contributed by atoms with E-state index in [1.807, 2.05) is 0 Å². The van der Waals surface area contributed by atoms with Crippen molar-refractivity contribution >= 4 is 11.9 Å². The molecule has 7 nitrogen and oxygen atoms in total. The van der Waals surface area contributed by atoms with Crippen LogP contribution in [0.2, 0.25) is 0 Å². The Balaban J connectivity index is 1.37. The second-order valence-corrected chi connectivity index (χ2v) is 8.61. The number of benzene rings is 1. The summed E-state index contributed by atoms with van der Waals surface area (Å²) in [6, 6.07) is 4.48. The fraction of sp³-hybridized carbons (Fsp3) is 0.500. The quantitative estimate of drug-likeness (QED) is 0.560. The first kappa shape index (κ1) is 25.0. The molecule has 2 fully saturated rings. The van der Waals surface area contributed by atoms with Crippen molar-refractivity contribution in [2.45, 2.75) is 44.3 Å². The van der Waals surface area contributed by atoms with Crippen molar-refractivity contribution in [1.29, 1.82) is 0 Å². The van der Waals surface area contributed by atoms with Gasteiger partial charge in [-0.1, -0.05) is 6.07 Å². The molecule has 0 bridgehead atoms. The SMILES string of the molecule is O=C(c1cnc(NCc2cc(OC(F)(F)F)cc(C3CC3)c2)nc1)N1CCCN(CC(F)(F)F)C1. The lowest BCUT2D eigenvalue weighted by Gasteiger charge is -2.35. The van der Waals surface area contributed by atoms with Crippen molar-refractivity contribution in [3.05, 3.63) is 47.3 Å². The zero-order valence-corrected chi connectivity index (χ0v) is 18.5. The minimum Gasteiger partial charge on any atom is -0.406 e. The fourth-order valence-electron chi connectivity index (χ4n) is 3.94. The predicted octanol–water partition coefficient (Wildman–Crippen LogP) is 4.53. The van der Waals surface area contributed by atoms with E-state index < -0.39 is 25.0 Å². The zero-order chi connectivity index (χ0) is 25.2. The highest BCUT2D eigenvalue weighted by Gasteiger charge is 2.34. The summed E-state index contributed by atoms with van der Waals surface area (Å²) in [4.78, 5) is 23.3. The Kier molecular flexibility index (Phi) is 7.06. The van der Waals surface area contributed by atoms with Crippen LogP contribution in [0, 0.1) is 0 Å². The standard InChI is InChI=1S/C22H23F6N5O2/c23-21(24,25)12-32-4-1-5-33(13-32)19(34)17-10-30-20(31-11-17)29-9-14-6-16(15-2-3-15)8-18(7-14)35-22(26,27)28/h6-8,10-11,15H,1-5,9,12-13H2,(H,29,30,31). The lowest BCUT2D eigenvalue weighted by Crippen LogP contribution is -2.50. The highest BCUT2D eigenvalue weighted by molar-refractivity contribution is 5.93. The number of ether oxygens (including phenoxy) is 1. The van der Waals surface area contributed by atoms with Crippen LogP contribution < -0.4 is 10.1 Å². The molecule has 4 rings (SSSR count). The molecule has 0 atom stereocenters. The van der Waals surface area contributed by atoms with Crippen LogP contribution in [0.25, 0.3) is 0 Å². The minimum atomic E-state index is -4.80. The molecule has 0 radical (unpaired) electrons. The van der Waals surface area contributed by atoms with E-state index in [9.17, 15) is 31.1 Å². The van der Waals surface area contributed by atoms with Gasteiger partial charge in [0.2, 0.25) is 5.95 Å². The van der Waals surface area contributed by atoms with E-state index in [2.05, 4.69) is 20.0 Å². The van der Waals surface area contributed by atoms with E-state index in [4.69, 9.17) is 0 Å². The third-order valence-electron chi connectivity index (χ3n) is 5.58. The normalized spacial score (nSPS) is 17.4. The number of carbonyl (C=O) groups excluding carboxylic acids is 1. The molecule has 1 aromatic carbocycles. The Bertz CT molecular complexity index is 1040. The topological polar surface area (TPSA) is 70.6 Å². The molecule has 1 N–H and O–H groups in total. The van der Waals surface area contributed by atoms with Crippen LogP contribution in [-0.2, 0) is 6.54 Å². The van der Waals surface area contributed by atoms with Crippen LogP contribution >= 0.6 is 0 Å². The molecule has 1 saturated heterocycles. The maximum Gasteiger partial charge on any atom is 0.573 e. The second-order valence-electron chi connectivity index (χ2n) is 8.61. The highest BCUT2D eigenvalue weighted by Crippen LogP contribution is 2.42. The van der Waals surface area contributed by atoms with E-state index in [0.717, 1.165) is 23.3 Å². The van der Waals surface area contributed by atoms with Crippen molar-refractivity contribution < 1.29 is 35.9 Å². The van der Waals surface area contributed by atoms with Gasteiger partial charge in [0, 0.05) is 32.0 Å². The van der Waals surface area contributed by atoms with Gasteiger partial charge < -0.3 is 15.0 Å². The van der Waals surface area contributed by atoms with Crippen LogP contribution in [0.4, 0.5) is 32.3 Å². The molecule has 2 heterocycles. The van der Waals surface area contributed by atoms with E-state index >= 15 is 0 Å². The van der Waals surface area contributed by atoms with Gasteiger partial charge in [0.15, 0.2) is 0 Å². The van der Waals surface area contributed by atoms with E-state index in [-0.39, 0.29) is 42.9 Å². The Morgan fingerprint density at radius 1 is 1.06 bits per heavy atom. The van der Waals surface area contributed by atoms with E-state index in [1.54, 1.807) is 6.07 Å². The number of rotatable bonds is 7. The van der Waals surface area contributed by atoms with Crippen molar-refractivity contribution in [1.82, 2.24) is 19.8 Å². The number of hydrogen-bond acceptors (Lipinski definition) is 6. The molecule has 1 aliphatic carbocycles. The van der Waals surface area contributed by atoms with Crippen LogP contribution in [0.1, 0.15) is 46.7 Å². The van der Waals surface area contributed by atoms with Crippen LogP contribution in [-0.4, -0.2) is 64.5 Å². The van der Waals surface area contributed by atoms with E-state index in [0.29, 0.717) is 18.5 Å². The average Bonchev–Trinajstić information content (AvgIpc) is 3.61. The summed E-state index contributed by atoms with van der Waals surface area (Å²) in [5.74, 6) is -0.404. The number of aromatic nitrogens is 2. The fourth-order valence-corrected chi connectivity index (χ4v) is 3.94. The first-order valence-corrected chi connectivity index (χ1v) is 11.0. The highest BCUT2D eigenvalue weighted by atomic mass is 19.4. The number of nitrogens with one attached hydrogen (secondary N) is 1. The molecule has 1 amide bonds. The molecule has 0 spiro atoms. The molecule has 2 aromatic rings. The third-order valence-corrected chi connectivity index (χ3v) is 5.58. The molecule has 2 aliphatic rings. The Morgan fingerprint density at radius 2 is 1.77 bits per heavy atom. The van der Waals surface area contributed by atoms with Crippen LogP contribution in [0.15, 0.2) is 30.6 Å². The number of alkyl halides is 6. The van der Waals surface area contributed by atoms with Gasteiger partial charge in [-0.15, -0.1) is 13.2 Å². The van der Waals surface area contributed by atoms with Crippen molar-refractivity contribution in [3.8, 4) is 5.75 Å². The lowest BCUT2D eigenvalue weighted by molar-refractivity contribution is -0.274. The smallest absolute Gasteiger partial charge is 0.406 e. The lowest BCUT2D eigenvalue weighted by atomic mass is 10.1. The molecule has 1 aromatic heterocycles. The summed E-state index contributed by atoms with van der Waals surface area (Å²) in [7, 11) is 0. The van der Waals surface area contributed by atoms with Gasteiger partial charge in [-0.3, -0.25) is 9.69 Å². The van der Waals surface area contributed by atoms with Crippen molar-refractivity contribution in [2.24, 2.45) is 0 Å². The molecule has 190 valence electrons. The molecule has 1 aliphatic heterocycles.